The first-order valence-electron chi connectivity index (χ1n) is 7.68. The van der Waals surface area contributed by atoms with Crippen LogP contribution in [0.2, 0.25) is 0 Å². The van der Waals surface area contributed by atoms with Gasteiger partial charge < -0.3 is 9.47 Å². The number of rotatable bonds is 2. The fourth-order valence-electron chi connectivity index (χ4n) is 2.85. The van der Waals surface area contributed by atoms with Crippen molar-refractivity contribution >= 4 is 10.9 Å². The molecule has 3 aromatic rings. The largest absolute Gasteiger partial charge is 0.486 e. The second-order valence-electron chi connectivity index (χ2n) is 5.77. The lowest BCUT2D eigenvalue weighted by Gasteiger charge is -2.31. The number of ether oxygens (including phenoxy) is 2. The lowest BCUT2D eigenvalue weighted by molar-refractivity contribution is 0.0559. The first-order valence-corrected chi connectivity index (χ1v) is 7.68. The van der Waals surface area contributed by atoms with Crippen LogP contribution in [0, 0.1) is 5.82 Å². The highest BCUT2D eigenvalue weighted by Gasteiger charge is 2.28. The van der Waals surface area contributed by atoms with E-state index in [4.69, 9.17) is 9.47 Å². The van der Waals surface area contributed by atoms with Crippen LogP contribution in [0.25, 0.3) is 10.9 Å². The van der Waals surface area contributed by atoms with Crippen molar-refractivity contribution in [2.24, 2.45) is 0 Å². The maximum atomic E-state index is 13.3. The van der Waals surface area contributed by atoms with Crippen LogP contribution in [0.5, 0.6) is 11.5 Å². The predicted molar refractivity (Wildman–Crippen MR) is 87.0 cm³/mol. The molecule has 24 heavy (non-hydrogen) atoms. The van der Waals surface area contributed by atoms with E-state index in [2.05, 4.69) is 4.98 Å². The molecule has 6 heteroatoms. The second kappa shape index (κ2) is 5.63. The van der Waals surface area contributed by atoms with Crippen LogP contribution in [0.3, 0.4) is 0 Å². The van der Waals surface area contributed by atoms with Gasteiger partial charge in [-0.05, 0) is 31.2 Å². The van der Waals surface area contributed by atoms with Gasteiger partial charge in [0.25, 0.3) is 5.56 Å². The normalized spacial score (nSPS) is 17.7. The molecule has 0 unspecified atom stereocenters. The fourth-order valence-corrected chi connectivity index (χ4v) is 2.85. The summed E-state index contributed by atoms with van der Waals surface area (Å²) in [6, 6.07) is 11.1. The monoisotopic (exact) mass is 326 g/mol. The van der Waals surface area contributed by atoms with Crippen LogP contribution in [-0.4, -0.2) is 22.3 Å². The van der Waals surface area contributed by atoms with E-state index in [9.17, 15) is 9.18 Å². The van der Waals surface area contributed by atoms with E-state index >= 15 is 0 Å². The molecule has 1 aliphatic heterocycles. The molecule has 0 bridgehead atoms. The van der Waals surface area contributed by atoms with Crippen LogP contribution < -0.4 is 15.0 Å². The zero-order valence-electron chi connectivity index (χ0n) is 13.0. The molecule has 0 radical (unpaired) electrons. The van der Waals surface area contributed by atoms with Crippen molar-refractivity contribution in [1.82, 2.24) is 9.55 Å². The number of hydrogen-bond donors (Lipinski definition) is 0. The highest BCUT2D eigenvalue weighted by Crippen LogP contribution is 2.33. The van der Waals surface area contributed by atoms with Crippen molar-refractivity contribution < 1.29 is 13.9 Å². The average molecular weight is 326 g/mol. The van der Waals surface area contributed by atoms with Gasteiger partial charge >= 0.3 is 0 Å². The van der Waals surface area contributed by atoms with Gasteiger partial charge in [-0.2, -0.15) is 0 Å². The lowest BCUT2D eigenvalue weighted by atomic mass is 10.1. The number of halogens is 1. The molecule has 0 saturated carbocycles. The minimum atomic E-state index is -0.416. The van der Waals surface area contributed by atoms with Crippen LogP contribution in [0.4, 0.5) is 4.39 Å². The SMILES string of the molecule is C[C@@H]([C@@H]1COc2ccccc2O1)n1cnc2cc(F)ccc2c1=O. The van der Waals surface area contributed by atoms with Crippen LogP contribution in [-0.2, 0) is 0 Å². The lowest BCUT2D eigenvalue weighted by Crippen LogP contribution is -2.39. The van der Waals surface area contributed by atoms with Crippen LogP contribution in [0.1, 0.15) is 13.0 Å². The summed E-state index contributed by atoms with van der Waals surface area (Å²) in [5.74, 6) is 0.936. The zero-order chi connectivity index (χ0) is 16.7. The van der Waals surface area contributed by atoms with E-state index in [1.807, 2.05) is 31.2 Å². The number of fused-ring (bicyclic) bond motifs is 2. The molecule has 0 spiro atoms. The Hall–Kier alpha value is -2.89. The van der Waals surface area contributed by atoms with E-state index in [0.29, 0.717) is 29.0 Å². The Morgan fingerprint density at radius 3 is 2.88 bits per heavy atom. The van der Waals surface area contributed by atoms with E-state index < -0.39 is 5.82 Å². The van der Waals surface area contributed by atoms with Crippen LogP contribution >= 0.6 is 0 Å². The number of hydrogen-bond acceptors (Lipinski definition) is 4. The minimum Gasteiger partial charge on any atom is -0.486 e. The van der Waals surface area contributed by atoms with Gasteiger partial charge in [0.2, 0.25) is 0 Å². The van der Waals surface area contributed by atoms with Crippen molar-refractivity contribution in [3.63, 3.8) is 0 Å². The smallest absolute Gasteiger partial charge is 0.261 e. The van der Waals surface area contributed by atoms with Gasteiger partial charge in [-0.1, -0.05) is 12.1 Å². The number of nitrogens with zero attached hydrogens (tertiary/aromatic N) is 2. The summed E-state index contributed by atoms with van der Waals surface area (Å²) in [5.41, 5.74) is 0.115. The van der Waals surface area contributed by atoms with Crippen molar-refractivity contribution in [3.8, 4) is 11.5 Å². The molecule has 5 nitrogen and oxygen atoms in total. The Balaban J connectivity index is 1.69. The summed E-state index contributed by atoms with van der Waals surface area (Å²) in [5, 5.41) is 0.378. The summed E-state index contributed by atoms with van der Waals surface area (Å²) in [6.45, 7) is 2.21. The molecule has 4 rings (SSSR count). The molecule has 0 saturated heterocycles. The van der Waals surface area contributed by atoms with E-state index in [1.54, 1.807) is 0 Å². The molecule has 0 fully saturated rings. The van der Waals surface area contributed by atoms with Gasteiger partial charge in [0.15, 0.2) is 17.6 Å². The quantitative estimate of drug-likeness (QED) is 0.726. The van der Waals surface area contributed by atoms with Gasteiger partial charge in [0.1, 0.15) is 12.4 Å². The van der Waals surface area contributed by atoms with Crippen molar-refractivity contribution in [3.05, 3.63) is 65.0 Å². The number of benzene rings is 2. The Bertz CT molecular complexity index is 970. The first-order chi connectivity index (χ1) is 11.6. The third-order valence-corrected chi connectivity index (χ3v) is 4.25. The van der Waals surface area contributed by atoms with Gasteiger partial charge in [-0.3, -0.25) is 9.36 Å². The summed E-state index contributed by atoms with van der Waals surface area (Å²) < 4.78 is 26.4. The Labute approximate surface area is 137 Å². The Morgan fingerprint density at radius 1 is 1.25 bits per heavy atom. The maximum absolute atomic E-state index is 13.3. The molecule has 0 aliphatic carbocycles. The minimum absolute atomic E-state index is 0.227. The third-order valence-electron chi connectivity index (χ3n) is 4.25. The Kier molecular flexibility index (Phi) is 3.45. The fraction of sp³-hybridized carbons (Fsp3) is 0.222. The number of para-hydroxylation sites is 2. The molecule has 0 N–H and O–H groups in total. The molecular weight excluding hydrogens is 311 g/mol. The summed E-state index contributed by atoms with van der Waals surface area (Å²) in [7, 11) is 0. The van der Waals surface area contributed by atoms with Crippen molar-refractivity contribution in [2.75, 3.05) is 6.61 Å². The highest BCUT2D eigenvalue weighted by atomic mass is 19.1. The molecule has 0 amide bonds. The van der Waals surface area contributed by atoms with Gasteiger partial charge in [0.05, 0.1) is 23.3 Å². The van der Waals surface area contributed by atoms with Gasteiger partial charge in [-0.25, -0.2) is 9.37 Å². The van der Waals surface area contributed by atoms with E-state index in [0.717, 1.165) is 0 Å². The molecular formula is C18H15FN2O3. The Morgan fingerprint density at radius 2 is 2.04 bits per heavy atom. The summed E-state index contributed by atoms with van der Waals surface area (Å²) in [4.78, 5) is 16.9. The van der Waals surface area contributed by atoms with E-state index in [1.165, 1.54) is 29.1 Å². The average Bonchev–Trinajstić information content (AvgIpc) is 2.61. The molecule has 2 heterocycles. The molecule has 122 valence electrons. The summed E-state index contributed by atoms with van der Waals surface area (Å²) >= 11 is 0. The van der Waals surface area contributed by atoms with Gasteiger partial charge in [0, 0.05) is 6.07 Å². The third kappa shape index (κ3) is 2.40. The van der Waals surface area contributed by atoms with E-state index in [-0.39, 0.29) is 17.7 Å². The number of aromatic nitrogens is 2. The summed E-state index contributed by atoms with van der Waals surface area (Å²) in [6.07, 6.45) is 1.11. The van der Waals surface area contributed by atoms with Crippen molar-refractivity contribution in [2.45, 2.75) is 19.1 Å². The highest BCUT2D eigenvalue weighted by molar-refractivity contribution is 5.77. The van der Waals surface area contributed by atoms with Crippen LogP contribution in [0.15, 0.2) is 53.6 Å². The topological polar surface area (TPSA) is 53.4 Å². The second-order valence-corrected chi connectivity index (χ2v) is 5.77. The molecule has 1 aromatic heterocycles. The predicted octanol–water partition coefficient (Wildman–Crippen LogP) is 2.94. The molecule has 2 atom stereocenters. The zero-order valence-corrected chi connectivity index (χ0v) is 13.0. The van der Waals surface area contributed by atoms with Crippen molar-refractivity contribution in [1.29, 1.82) is 0 Å². The standard InChI is InChI=1S/C18H15FN2O3/c1-11(17-9-23-15-4-2-3-5-16(15)24-17)21-10-20-14-8-12(19)6-7-13(14)18(21)22/h2-8,10-11,17H,9H2,1H3/t11-,17-/m0/s1. The molecule has 1 aliphatic rings. The maximum Gasteiger partial charge on any atom is 0.261 e. The van der Waals surface area contributed by atoms with Gasteiger partial charge in [-0.15, -0.1) is 0 Å². The first kappa shape index (κ1) is 14.7. The molecule has 2 aromatic carbocycles.